The Kier molecular flexibility index (Phi) is 6.13. The van der Waals surface area contributed by atoms with Gasteiger partial charge in [-0.3, -0.25) is 4.79 Å². The van der Waals surface area contributed by atoms with E-state index in [0.717, 1.165) is 5.39 Å². The van der Waals surface area contributed by atoms with Crippen molar-refractivity contribution in [2.45, 2.75) is 0 Å². The molecule has 0 radical (unpaired) electrons. The second-order valence-corrected chi connectivity index (χ2v) is 5.92. The van der Waals surface area contributed by atoms with Gasteiger partial charge in [0.2, 0.25) is 5.75 Å². The minimum atomic E-state index is -0.679. The lowest BCUT2D eigenvalue weighted by molar-refractivity contribution is -0.119. The van der Waals surface area contributed by atoms with Gasteiger partial charge in [0.15, 0.2) is 23.8 Å². The second kappa shape index (κ2) is 8.92. The Labute approximate surface area is 167 Å². The highest BCUT2D eigenvalue weighted by atomic mass is 16.5. The van der Waals surface area contributed by atoms with Crippen LogP contribution < -0.4 is 19.5 Å². The smallest absolute Gasteiger partial charge is 0.358 e. The summed E-state index contributed by atoms with van der Waals surface area (Å²) in [5.41, 5.74) is 0.563. The van der Waals surface area contributed by atoms with Crippen LogP contribution in [-0.4, -0.2) is 44.8 Å². The predicted molar refractivity (Wildman–Crippen MR) is 107 cm³/mol. The average molecular weight is 396 g/mol. The zero-order chi connectivity index (χ0) is 20.8. The van der Waals surface area contributed by atoms with Crippen LogP contribution >= 0.6 is 0 Å². The zero-order valence-corrected chi connectivity index (χ0v) is 16.2. The number of rotatable bonds is 7. The van der Waals surface area contributed by atoms with E-state index in [9.17, 15) is 9.59 Å². The van der Waals surface area contributed by atoms with Gasteiger partial charge in [0.1, 0.15) is 0 Å². The molecule has 0 aliphatic rings. The largest absolute Gasteiger partial charge is 0.493 e. The minimum absolute atomic E-state index is 0.156. The van der Waals surface area contributed by atoms with Gasteiger partial charge in [-0.2, -0.15) is 0 Å². The van der Waals surface area contributed by atoms with Crippen LogP contribution in [0, 0.1) is 0 Å². The van der Waals surface area contributed by atoms with Crippen molar-refractivity contribution in [1.29, 1.82) is 0 Å². The maximum absolute atomic E-state index is 12.4. The number of methoxy groups -OCH3 is 3. The van der Waals surface area contributed by atoms with E-state index < -0.39 is 18.5 Å². The van der Waals surface area contributed by atoms with Crippen molar-refractivity contribution in [1.82, 2.24) is 4.98 Å². The Bertz CT molecular complexity index is 1020. The molecule has 2 aromatic carbocycles. The normalized spacial score (nSPS) is 10.3. The number of nitrogens with one attached hydrogen (secondary N) is 1. The summed E-state index contributed by atoms with van der Waals surface area (Å²) in [6.45, 7) is -0.472. The molecule has 150 valence electrons. The number of hydrogen-bond acceptors (Lipinski definition) is 7. The Morgan fingerprint density at radius 1 is 0.966 bits per heavy atom. The lowest BCUT2D eigenvalue weighted by Crippen LogP contribution is -2.21. The summed E-state index contributed by atoms with van der Waals surface area (Å²) >= 11 is 0. The van der Waals surface area contributed by atoms with E-state index in [-0.39, 0.29) is 5.69 Å². The average Bonchev–Trinajstić information content (AvgIpc) is 2.76. The van der Waals surface area contributed by atoms with Gasteiger partial charge in [-0.25, -0.2) is 9.78 Å². The first-order chi connectivity index (χ1) is 14.1. The van der Waals surface area contributed by atoms with Crippen molar-refractivity contribution >= 4 is 28.3 Å². The summed E-state index contributed by atoms with van der Waals surface area (Å²) < 4.78 is 20.9. The molecule has 0 aliphatic heterocycles. The molecule has 0 saturated carbocycles. The van der Waals surface area contributed by atoms with Crippen LogP contribution in [0.5, 0.6) is 17.2 Å². The van der Waals surface area contributed by atoms with Crippen molar-refractivity contribution in [2.24, 2.45) is 0 Å². The Balaban J connectivity index is 1.69. The molecule has 3 aromatic rings. The first kappa shape index (κ1) is 19.9. The van der Waals surface area contributed by atoms with Crippen molar-refractivity contribution in [3.05, 3.63) is 54.4 Å². The highest BCUT2D eigenvalue weighted by Crippen LogP contribution is 2.39. The highest BCUT2D eigenvalue weighted by Gasteiger charge is 2.17. The number of pyridine rings is 1. The Hall–Kier alpha value is -3.81. The van der Waals surface area contributed by atoms with Crippen molar-refractivity contribution in [3.8, 4) is 17.2 Å². The third-order valence-electron chi connectivity index (χ3n) is 4.15. The molecule has 0 unspecified atom stereocenters. The van der Waals surface area contributed by atoms with Crippen LogP contribution in [0.25, 0.3) is 10.8 Å². The van der Waals surface area contributed by atoms with Gasteiger partial charge >= 0.3 is 5.97 Å². The van der Waals surface area contributed by atoms with E-state index in [1.807, 2.05) is 12.1 Å². The van der Waals surface area contributed by atoms with E-state index in [4.69, 9.17) is 18.9 Å². The lowest BCUT2D eigenvalue weighted by atomic mass is 10.1. The molecule has 8 heteroatoms. The van der Waals surface area contributed by atoms with Crippen LogP contribution in [-0.2, 0) is 9.53 Å². The van der Waals surface area contributed by atoms with Crippen molar-refractivity contribution in [3.63, 3.8) is 0 Å². The summed E-state index contributed by atoms with van der Waals surface area (Å²) in [6, 6.07) is 12.3. The number of hydrogen-bond donors (Lipinski definition) is 1. The fraction of sp³-hybridized carbons (Fsp3) is 0.190. The van der Waals surface area contributed by atoms with Crippen LogP contribution in [0.3, 0.4) is 0 Å². The third-order valence-corrected chi connectivity index (χ3v) is 4.15. The van der Waals surface area contributed by atoms with Crippen molar-refractivity contribution in [2.75, 3.05) is 33.3 Å². The lowest BCUT2D eigenvalue weighted by Gasteiger charge is -2.14. The van der Waals surface area contributed by atoms with Crippen LogP contribution in [0.2, 0.25) is 0 Å². The zero-order valence-electron chi connectivity index (χ0n) is 16.2. The SMILES string of the molecule is COc1cc(NC(=O)COC(=O)c2nccc3ccccc23)cc(OC)c1OC. The topological polar surface area (TPSA) is 96.0 Å². The molecule has 8 nitrogen and oxygen atoms in total. The summed E-state index contributed by atoms with van der Waals surface area (Å²) in [7, 11) is 4.43. The summed E-state index contributed by atoms with van der Waals surface area (Å²) in [4.78, 5) is 28.7. The van der Waals surface area contributed by atoms with E-state index >= 15 is 0 Å². The Morgan fingerprint density at radius 3 is 2.31 bits per heavy atom. The van der Waals surface area contributed by atoms with Gasteiger partial charge in [-0.05, 0) is 11.5 Å². The maximum atomic E-state index is 12.4. The van der Waals surface area contributed by atoms with E-state index in [0.29, 0.717) is 28.3 Å². The highest BCUT2D eigenvalue weighted by molar-refractivity contribution is 6.03. The molecule has 1 aromatic heterocycles. The van der Waals surface area contributed by atoms with E-state index in [1.165, 1.54) is 27.5 Å². The predicted octanol–water partition coefficient (Wildman–Crippen LogP) is 3.06. The number of carbonyl (C=O) groups is 2. The molecule has 1 N–H and O–H groups in total. The molecule has 0 spiro atoms. The summed E-state index contributed by atoms with van der Waals surface area (Å²) in [6.07, 6.45) is 1.52. The number of ether oxygens (including phenoxy) is 4. The Morgan fingerprint density at radius 2 is 1.66 bits per heavy atom. The molecule has 1 heterocycles. The van der Waals surface area contributed by atoms with Crippen LogP contribution in [0.1, 0.15) is 10.5 Å². The summed E-state index contributed by atoms with van der Waals surface area (Å²) in [5.74, 6) is -0.0191. The van der Waals surface area contributed by atoms with Gasteiger partial charge in [0.25, 0.3) is 5.91 Å². The standard InChI is InChI=1S/C21H20N2O6/c1-26-16-10-14(11-17(27-2)20(16)28-3)23-18(24)12-29-21(25)19-15-7-5-4-6-13(15)8-9-22-19/h4-11H,12H2,1-3H3,(H,23,24). The molecule has 0 aliphatic carbocycles. The minimum Gasteiger partial charge on any atom is -0.493 e. The second-order valence-electron chi connectivity index (χ2n) is 5.92. The fourth-order valence-electron chi connectivity index (χ4n) is 2.83. The van der Waals surface area contributed by atoms with Gasteiger partial charge in [0.05, 0.1) is 21.3 Å². The molecule has 0 fully saturated rings. The number of carbonyl (C=O) groups excluding carboxylic acids is 2. The quantitative estimate of drug-likeness (QED) is 0.613. The third kappa shape index (κ3) is 4.37. The van der Waals surface area contributed by atoms with Gasteiger partial charge < -0.3 is 24.3 Å². The van der Waals surface area contributed by atoms with Crippen LogP contribution in [0.15, 0.2) is 48.7 Å². The monoisotopic (exact) mass is 396 g/mol. The first-order valence-corrected chi connectivity index (χ1v) is 8.68. The van der Waals surface area contributed by atoms with E-state index in [2.05, 4.69) is 10.3 Å². The fourth-order valence-corrected chi connectivity index (χ4v) is 2.83. The number of fused-ring (bicyclic) bond motifs is 1. The molecule has 0 atom stereocenters. The number of anilines is 1. The number of amides is 1. The number of benzene rings is 2. The molecule has 0 saturated heterocycles. The van der Waals surface area contributed by atoms with Gasteiger partial charge in [0, 0.05) is 29.4 Å². The maximum Gasteiger partial charge on any atom is 0.358 e. The van der Waals surface area contributed by atoms with Crippen molar-refractivity contribution < 1.29 is 28.5 Å². The summed E-state index contributed by atoms with van der Waals surface area (Å²) in [5, 5.41) is 4.15. The van der Waals surface area contributed by atoms with Gasteiger partial charge in [-0.15, -0.1) is 0 Å². The van der Waals surface area contributed by atoms with Gasteiger partial charge in [-0.1, -0.05) is 24.3 Å². The molecule has 29 heavy (non-hydrogen) atoms. The number of aromatic nitrogens is 1. The number of esters is 1. The van der Waals surface area contributed by atoms with Crippen LogP contribution in [0.4, 0.5) is 5.69 Å². The van der Waals surface area contributed by atoms with E-state index in [1.54, 1.807) is 30.3 Å². The number of nitrogens with zero attached hydrogens (tertiary/aromatic N) is 1. The molecular formula is C21H20N2O6. The first-order valence-electron chi connectivity index (χ1n) is 8.68. The molecule has 3 rings (SSSR count). The molecule has 0 bridgehead atoms. The molecule has 1 amide bonds. The molecular weight excluding hydrogens is 376 g/mol.